The molecule has 0 N–H and O–H groups in total. The fourth-order valence-electron chi connectivity index (χ4n) is 7.41. The molecular formula is C49H31NO2. The number of furan rings is 1. The van der Waals surface area contributed by atoms with Gasteiger partial charge in [0.05, 0.1) is 0 Å². The maximum absolute atomic E-state index is 6.77. The van der Waals surface area contributed by atoms with E-state index < -0.39 is 0 Å². The summed E-state index contributed by atoms with van der Waals surface area (Å²) >= 11 is 0. The van der Waals surface area contributed by atoms with Crippen LogP contribution >= 0.6 is 0 Å². The molecule has 244 valence electrons. The first kappa shape index (κ1) is 29.9. The third kappa shape index (κ3) is 5.19. The van der Waals surface area contributed by atoms with Gasteiger partial charge in [-0.15, -0.1) is 0 Å². The lowest BCUT2D eigenvalue weighted by Crippen LogP contribution is -1.88. The van der Waals surface area contributed by atoms with Crippen LogP contribution in [0.15, 0.2) is 197 Å². The van der Waals surface area contributed by atoms with Crippen LogP contribution in [0.25, 0.3) is 100 Å². The first-order chi connectivity index (χ1) is 25.8. The number of hydrogen-bond donors (Lipinski definition) is 0. The van der Waals surface area contributed by atoms with Gasteiger partial charge in [0.1, 0.15) is 16.7 Å². The quantitative estimate of drug-likeness (QED) is 0.177. The van der Waals surface area contributed by atoms with Crippen molar-refractivity contribution < 1.29 is 8.83 Å². The number of para-hydroxylation sites is 2. The highest BCUT2D eigenvalue weighted by atomic mass is 16.3. The number of rotatable bonds is 6. The molecule has 10 rings (SSSR count). The van der Waals surface area contributed by atoms with E-state index in [0.29, 0.717) is 5.89 Å². The van der Waals surface area contributed by atoms with Crippen molar-refractivity contribution in [1.29, 1.82) is 0 Å². The second-order valence-corrected chi connectivity index (χ2v) is 13.1. The molecule has 0 amide bonds. The molecule has 0 aliphatic heterocycles. The average Bonchev–Trinajstić information content (AvgIpc) is 3.83. The predicted molar refractivity (Wildman–Crippen MR) is 214 cm³/mol. The van der Waals surface area contributed by atoms with Gasteiger partial charge in [0.15, 0.2) is 5.58 Å². The lowest BCUT2D eigenvalue weighted by Gasteiger charge is -2.13. The van der Waals surface area contributed by atoms with E-state index in [1.165, 1.54) is 33.4 Å². The zero-order valence-corrected chi connectivity index (χ0v) is 28.2. The molecule has 0 aliphatic carbocycles. The Hall–Kier alpha value is -6.97. The molecule has 3 heteroatoms. The van der Waals surface area contributed by atoms with E-state index in [1.807, 2.05) is 24.3 Å². The molecule has 0 saturated heterocycles. The van der Waals surface area contributed by atoms with Crippen LogP contribution in [0.1, 0.15) is 0 Å². The minimum atomic E-state index is 0.607. The first-order valence-electron chi connectivity index (χ1n) is 17.5. The van der Waals surface area contributed by atoms with E-state index in [9.17, 15) is 0 Å². The van der Waals surface area contributed by atoms with Crippen LogP contribution in [0.4, 0.5) is 0 Å². The van der Waals surface area contributed by atoms with Crippen LogP contribution in [0.2, 0.25) is 0 Å². The molecular weight excluding hydrogens is 635 g/mol. The summed E-state index contributed by atoms with van der Waals surface area (Å²) in [6, 6.07) is 65.9. The van der Waals surface area contributed by atoms with Gasteiger partial charge in [-0.25, -0.2) is 4.98 Å². The lowest BCUT2D eigenvalue weighted by atomic mass is 9.90. The molecule has 0 spiro atoms. The van der Waals surface area contributed by atoms with Crippen molar-refractivity contribution in [3.8, 4) is 67.1 Å². The minimum Gasteiger partial charge on any atom is -0.455 e. The molecule has 2 heterocycles. The van der Waals surface area contributed by atoms with Gasteiger partial charge in [0, 0.05) is 21.9 Å². The van der Waals surface area contributed by atoms with E-state index in [2.05, 4.69) is 164 Å². The molecule has 0 bridgehead atoms. The van der Waals surface area contributed by atoms with Crippen molar-refractivity contribution in [2.75, 3.05) is 0 Å². The summed E-state index contributed by atoms with van der Waals surface area (Å²) < 4.78 is 12.9. The van der Waals surface area contributed by atoms with Gasteiger partial charge in [-0.2, -0.15) is 0 Å². The maximum Gasteiger partial charge on any atom is 0.227 e. The molecule has 0 aliphatic rings. The third-order valence-corrected chi connectivity index (χ3v) is 9.95. The van der Waals surface area contributed by atoms with Crippen molar-refractivity contribution in [2.45, 2.75) is 0 Å². The van der Waals surface area contributed by atoms with Crippen molar-refractivity contribution in [1.82, 2.24) is 4.98 Å². The summed E-state index contributed by atoms with van der Waals surface area (Å²) in [4.78, 5) is 4.73. The number of aromatic nitrogens is 1. The van der Waals surface area contributed by atoms with Gasteiger partial charge in [-0.1, -0.05) is 140 Å². The van der Waals surface area contributed by atoms with Crippen molar-refractivity contribution in [3.63, 3.8) is 0 Å². The Morgan fingerprint density at radius 3 is 1.46 bits per heavy atom. The largest absolute Gasteiger partial charge is 0.455 e. The number of fused-ring (bicyclic) bond motifs is 4. The molecule has 8 aromatic carbocycles. The Kier molecular flexibility index (Phi) is 7.14. The minimum absolute atomic E-state index is 0.607. The van der Waals surface area contributed by atoms with Crippen molar-refractivity contribution >= 4 is 33.0 Å². The smallest absolute Gasteiger partial charge is 0.227 e. The Bertz CT molecular complexity index is 2850. The predicted octanol–water partition coefficient (Wildman–Crippen LogP) is 13.7. The van der Waals surface area contributed by atoms with Crippen LogP contribution in [-0.2, 0) is 0 Å². The fourth-order valence-corrected chi connectivity index (χ4v) is 7.41. The number of oxazole rings is 1. The summed E-state index contributed by atoms with van der Waals surface area (Å²) in [5.74, 6) is 0.607. The van der Waals surface area contributed by atoms with Crippen LogP contribution in [0, 0.1) is 0 Å². The molecule has 3 nitrogen and oxygen atoms in total. The number of benzene rings is 8. The summed E-state index contributed by atoms with van der Waals surface area (Å²) in [5.41, 5.74) is 15.7. The summed E-state index contributed by atoms with van der Waals surface area (Å²) in [6.45, 7) is 0. The normalized spacial score (nSPS) is 11.5. The Morgan fingerprint density at radius 1 is 0.308 bits per heavy atom. The summed E-state index contributed by atoms with van der Waals surface area (Å²) in [5, 5.41) is 2.16. The van der Waals surface area contributed by atoms with E-state index in [0.717, 1.165) is 60.9 Å². The maximum atomic E-state index is 6.77. The number of nitrogens with zero attached hydrogens (tertiary/aromatic N) is 1. The van der Waals surface area contributed by atoms with E-state index in [1.54, 1.807) is 0 Å². The molecule has 0 unspecified atom stereocenters. The lowest BCUT2D eigenvalue weighted by molar-refractivity contribution is 0.620. The Balaban J connectivity index is 1.18. The Morgan fingerprint density at radius 2 is 0.808 bits per heavy atom. The van der Waals surface area contributed by atoms with E-state index in [4.69, 9.17) is 13.8 Å². The molecule has 0 atom stereocenters. The van der Waals surface area contributed by atoms with Gasteiger partial charge in [-0.3, -0.25) is 0 Å². The average molecular weight is 666 g/mol. The zero-order chi connectivity index (χ0) is 34.4. The highest BCUT2D eigenvalue weighted by molar-refractivity contribution is 6.13. The monoisotopic (exact) mass is 665 g/mol. The van der Waals surface area contributed by atoms with E-state index in [-0.39, 0.29) is 0 Å². The third-order valence-electron chi connectivity index (χ3n) is 9.95. The first-order valence-corrected chi connectivity index (χ1v) is 17.5. The molecule has 0 fully saturated rings. The summed E-state index contributed by atoms with van der Waals surface area (Å²) in [6.07, 6.45) is 0. The SMILES string of the molecule is c1ccc(-c2ccccc2-c2ccc3oc4c(-c5ccc(-c6nc7ccccc7o6)cc5)cc(-c5ccccc5-c5ccccc5)cc4c3c2)cc1. The van der Waals surface area contributed by atoms with Crippen LogP contribution < -0.4 is 0 Å². The molecule has 0 saturated carbocycles. The number of hydrogen-bond acceptors (Lipinski definition) is 3. The van der Waals surface area contributed by atoms with Gasteiger partial charge in [-0.05, 0) is 98.6 Å². The molecule has 52 heavy (non-hydrogen) atoms. The summed E-state index contributed by atoms with van der Waals surface area (Å²) in [7, 11) is 0. The molecule has 0 radical (unpaired) electrons. The second kappa shape index (κ2) is 12.4. The second-order valence-electron chi connectivity index (χ2n) is 13.1. The van der Waals surface area contributed by atoms with Crippen molar-refractivity contribution in [3.05, 3.63) is 188 Å². The van der Waals surface area contributed by atoms with Gasteiger partial charge >= 0.3 is 0 Å². The highest BCUT2D eigenvalue weighted by Gasteiger charge is 2.19. The van der Waals surface area contributed by atoms with Crippen LogP contribution in [-0.4, -0.2) is 4.98 Å². The topological polar surface area (TPSA) is 39.2 Å². The Labute approximate surface area is 301 Å². The van der Waals surface area contributed by atoms with Crippen molar-refractivity contribution in [2.24, 2.45) is 0 Å². The van der Waals surface area contributed by atoms with Crippen LogP contribution in [0.5, 0.6) is 0 Å². The van der Waals surface area contributed by atoms with Gasteiger partial charge < -0.3 is 8.83 Å². The highest BCUT2D eigenvalue weighted by Crippen LogP contribution is 2.43. The molecule has 10 aromatic rings. The fraction of sp³-hybridized carbons (Fsp3) is 0. The van der Waals surface area contributed by atoms with E-state index >= 15 is 0 Å². The molecule has 2 aromatic heterocycles. The zero-order valence-electron chi connectivity index (χ0n) is 28.2. The van der Waals surface area contributed by atoms with Gasteiger partial charge in [0.2, 0.25) is 5.89 Å². The van der Waals surface area contributed by atoms with Crippen LogP contribution in [0.3, 0.4) is 0 Å². The standard InChI is InChI=1S/C49H31NO2/c1-3-13-32(14-4-1)38-17-7-9-19-40(38)36-27-28-46-43(29-36)44-31-37(41-20-10-8-18-39(41)33-15-5-2-6-16-33)30-42(48(44)51-46)34-23-25-35(26-24-34)49-50-45-21-11-12-22-47(45)52-49/h1-31H. The van der Waals surface area contributed by atoms with Gasteiger partial charge in [0.25, 0.3) is 0 Å².